The minimum absolute atomic E-state index is 0.0182. The minimum atomic E-state index is -0.316. The summed E-state index contributed by atoms with van der Waals surface area (Å²) in [6.45, 7) is 0. The molecule has 0 aromatic heterocycles. The SMILES string of the molecule is O=C=C(/C=C/c1ccc(F)cc1)c1ccccc1O. The summed E-state index contributed by atoms with van der Waals surface area (Å²) in [5.74, 6) is 1.49. The van der Waals surface area contributed by atoms with Crippen molar-refractivity contribution >= 4 is 17.6 Å². The average Bonchev–Trinajstić information content (AvgIpc) is 2.43. The monoisotopic (exact) mass is 254 g/mol. The molecule has 3 heteroatoms. The van der Waals surface area contributed by atoms with Crippen LogP contribution in [0.25, 0.3) is 11.6 Å². The maximum atomic E-state index is 12.7. The van der Waals surface area contributed by atoms with Crippen LogP contribution in [0.1, 0.15) is 11.1 Å². The highest BCUT2D eigenvalue weighted by Gasteiger charge is 2.04. The number of allylic oxidation sites excluding steroid dienone is 2. The van der Waals surface area contributed by atoms with Crippen molar-refractivity contribution in [3.8, 4) is 5.75 Å². The molecule has 0 aliphatic carbocycles. The van der Waals surface area contributed by atoms with Crippen LogP contribution in [0.4, 0.5) is 4.39 Å². The lowest BCUT2D eigenvalue weighted by Crippen LogP contribution is -1.83. The molecule has 19 heavy (non-hydrogen) atoms. The van der Waals surface area contributed by atoms with E-state index >= 15 is 0 Å². The van der Waals surface area contributed by atoms with Gasteiger partial charge in [-0.05, 0) is 35.9 Å². The van der Waals surface area contributed by atoms with E-state index in [0.717, 1.165) is 5.56 Å². The van der Waals surface area contributed by atoms with Crippen LogP contribution in [0.2, 0.25) is 0 Å². The first kappa shape index (κ1) is 12.8. The molecule has 2 aromatic rings. The number of phenolic OH excluding ortho intramolecular Hbond substituents is 1. The van der Waals surface area contributed by atoms with E-state index in [1.165, 1.54) is 24.3 Å². The Labute approximate surface area is 110 Å². The van der Waals surface area contributed by atoms with Gasteiger partial charge < -0.3 is 5.11 Å². The molecule has 0 saturated heterocycles. The molecule has 0 heterocycles. The predicted octanol–water partition coefficient (Wildman–Crippen LogP) is 3.46. The lowest BCUT2D eigenvalue weighted by molar-refractivity contribution is 0.473. The fraction of sp³-hybridized carbons (Fsp3) is 0. The first-order chi connectivity index (χ1) is 9.20. The second-order valence-electron chi connectivity index (χ2n) is 3.92. The van der Waals surface area contributed by atoms with Crippen LogP contribution >= 0.6 is 0 Å². The molecule has 0 unspecified atom stereocenters. The second kappa shape index (κ2) is 5.80. The van der Waals surface area contributed by atoms with Crippen molar-refractivity contribution in [2.24, 2.45) is 0 Å². The number of rotatable bonds is 3. The zero-order valence-electron chi connectivity index (χ0n) is 10.0. The summed E-state index contributed by atoms with van der Waals surface area (Å²) in [6.07, 6.45) is 3.20. The molecule has 0 fully saturated rings. The minimum Gasteiger partial charge on any atom is -0.507 e. The van der Waals surface area contributed by atoms with Gasteiger partial charge in [0.2, 0.25) is 0 Å². The Kier molecular flexibility index (Phi) is 3.91. The van der Waals surface area contributed by atoms with Gasteiger partial charge in [-0.2, -0.15) is 0 Å². The molecule has 0 saturated carbocycles. The molecule has 2 rings (SSSR count). The Morgan fingerprint density at radius 1 is 1.11 bits per heavy atom. The van der Waals surface area contributed by atoms with E-state index in [9.17, 15) is 14.3 Å². The molecule has 2 nitrogen and oxygen atoms in total. The summed E-state index contributed by atoms with van der Waals surface area (Å²) < 4.78 is 12.7. The highest BCUT2D eigenvalue weighted by atomic mass is 19.1. The maximum Gasteiger partial charge on any atom is 0.133 e. The number of para-hydroxylation sites is 1. The summed E-state index contributed by atoms with van der Waals surface area (Å²) in [5, 5.41) is 9.66. The van der Waals surface area contributed by atoms with Gasteiger partial charge in [-0.3, -0.25) is 0 Å². The number of hydrogen-bond acceptors (Lipinski definition) is 2. The van der Waals surface area contributed by atoms with Crippen molar-refractivity contribution in [2.45, 2.75) is 0 Å². The summed E-state index contributed by atoms with van der Waals surface area (Å²) in [7, 11) is 0. The molecule has 2 aromatic carbocycles. The summed E-state index contributed by atoms with van der Waals surface area (Å²) >= 11 is 0. The van der Waals surface area contributed by atoms with Crippen LogP contribution in [0.5, 0.6) is 5.75 Å². The molecule has 0 atom stereocenters. The lowest BCUT2D eigenvalue weighted by atomic mass is 10.0. The Bertz CT molecular complexity index is 651. The van der Waals surface area contributed by atoms with Gasteiger partial charge >= 0.3 is 0 Å². The third-order valence-electron chi connectivity index (χ3n) is 2.62. The standard InChI is InChI=1S/C16H11FO2/c17-14-9-6-12(7-10-14)5-8-13(11-18)15-3-1-2-4-16(15)19/h1-10,19H/b8-5+. The van der Waals surface area contributed by atoms with Crippen molar-refractivity contribution in [2.75, 3.05) is 0 Å². The fourth-order valence-electron chi connectivity index (χ4n) is 1.63. The van der Waals surface area contributed by atoms with Gasteiger partial charge in [0.25, 0.3) is 0 Å². The molecule has 0 spiro atoms. The van der Waals surface area contributed by atoms with Gasteiger partial charge in [0.15, 0.2) is 0 Å². The van der Waals surface area contributed by atoms with E-state index in [0.29, 0.717) is 5.56 Å². The van der Waals surface area contributed by atoms with E-state index in [4.69, 9.17) is 0 Å². The lowest BCUT2D eigenvalue weighted by Gasteiger charge is -2.01. The van der Waals surface area contributed by atoms with Gasteiger partial charge in [-0.1, -0.05) is 30.3 Å². The van der Waals surface area contributed by atoms with Gasteiger partial charge in [-0.15, -0.1) is 0 Å². The molecule has 0 aliphatic rings. The molecule has 0 bridgehead atoms. The third kappa shape index (κ3) is 3.18. The first-order valence-corrected chi connectivity index (χ1v) is 5.68. The number of aromatic hydroxyl groups is 1. The molecular weight excluding hydrogens is 243 g/mol. The topological polar surface area (TPSA) is 37.3 Å². The molecule has 94 valence electrons. The zero-order chi connectivity index (χ0) is 13.7. The van der Waals surface area contributed by atoms with Gasteiger partial charge in [0, 0.05) is 5.56 Å². The number of phenols is 1. The smallest absolute Gasteiger partial charge is 0.133 e. The maximum absolute atomic E-state index is 12.7. The normalized spacial score (nSPS) is 10.4. The van der Waals surface area contributed by atoms with E-state index in [1.54, 1.807) is 42.3 Å². The Morgan fingerprint density at radius 3 is 2.42 bits per heavy atom. The fourth-order valence-corrected chi connectivity index (χ4v) is 1.63. The third-order valence-corrected chi connectivity index (χ3v) is 2.62. The van der Waals surface area contributed by atoms with E-state index in [2.05, 4.69) is 0 Å². The van der Waals surface area contributed by atoms with Crippen molar-refractivity contribution < 1.29 is 14.3 Å². The van der Waals surface area contributed by atoms with Gasteiger partial charge in [-0.25, -0.2) is 9.18 Å². The summed E-state index contributed by atoms with van der Waals surface area (Å²) in [5.41, 5.74) is 1.41. The summed E-state index contributed by atoms with van der Waals surface area (Å²) in [4.78, 5) is 10.9. The van der Waals surface area contributed by atoms with Gasteiger partial charge in [0.05, 0.1) is 5.57 Å². The predicted molar refractivity (Wildman–Crippen MR) is 72.6 cm³/mol. The van der Waals surface area contributed by atoms with E-state index < -0.39 is 0 Å². The van der Waals surface area contributed by atoms with E-state index in [1.807, 2.05) is 0 Å². The Balaban J connectivity index is 2.28. The Hall–Kier alpha value is -2.64. The first-order valence-electron chi connectivity index (χ1n) is 5.68. The Morgan fingerprint density at radius 2 is 1.79 bits per heavy atom. The molecule has 1 N–H and O–H groups in total. The van der Waals surface area contributed by atoms with Crippen LogP contribution in [-0.2, 0) is 4.79 Å². The highest BCUT2D eigenvalue weighted by molar-refractivity contribution is 5.97. The number of benzene rings is 2. The van der Waals surface area contributed by atoms with Crippen molar-refractivity contribution in [3.05, 3.63) is 71.6 Å². The van der Waals surface area contributed by atoms with Crippen molar-refractivity contribution in [1.82, 2.24) is 0 Å². The van der Waals surface area contributed by atoms with Crippen LogP contribution in [0.3, 0.4) is 0 Å². The van der Waals surface area contributed by atoms with Gasteiger partial charge in [0.1, 0.15) is 17.5 Å². The summed E-state index contributed by atoms with van der Waals surface area (Å²) in [6, 6.07) is 12.4. The number of hydrogen-bond donors (Lipinski definition) is 1. The second-order valence-corrected chi connectivity index (χ2v) is 3.92. The van der Waals surface area contributed by atoms with Crippen LogP contribution < -0.4 is 0 Å². The largest absolute Gasteiger partial charge is 0.507 e. The quantitative estimate of drug-likeness (QED) is 0.672. The number of halogens is 1. The molecule has 0 radical (unpaired) electrons. The molecule has 0 amide bonds. The number of carbonyl (C=O) groups excluding carboxylic acids is 1. The average molecular weight is 254 g/mol. The molecular formula is C16H11FO2. The highest BCUT2D eigenvalue weighted by Crippen LogP contribution is 2.24. The zero-order valence-corrected chi connectivity index (χ0v) is 10.0. The molecule has 0 aliphatic heterocycles. The van der Waals surface area contributed by atoms with Crippen LogP contribution in [-0.4, -0.2) is 11.0 Å². The van der Waals surface area contributed by atoms with Crippen molar-refractivity contribution in [1.29, 1.82) is 0 Å². The van der Waals surface area contributed by atoms with Crippen LogP contribution in [0, 0.1) is 5.82 Å². The van der Waals surface area contributed by atoms with Crippen LogP contribution in [0.15, 0.2) is 54.6 Å². The van der Waals surface area contributed by atoms with E-state index in [-0.39, 0.29) is 17.1 Å². The van der Waals surface area contributed by atoms with Crippen molar-refractivity contribution in [3.63, 3.8) is 0 Å².